The number of amides is 1. The van der Waals surface area contributed by atoms with Gasteiger partial charge in [-0.05, 0) is 49.4 Å². The third-order valence-electron chi connectivity index (χ3n) is 5.18. The van der Waals surface area contributed by atoms with Gasteiger partial charge in [0, 0.05) is 24.9 Å². The van der Waals surface area contributed by atoms with Crippen molar-refractivity contribution in [2.75, 3.05) is 19.0 Å². The van der Waals surface area contributed by atoms with Gasteiger partial charge in [0.15, 0.2) is 0 Å². The molecule has 0 heterocycles. The maximum absolute atomic E-state index is 12.5. The summed E-state index contributed by atoms with van der Waals surface area (Å²) < 4.78 is 0. The second-order valence-corrected chi connectivity index (χ2v) is 6.41. The highest BCUT2D eigenvalue weighted by Crippen LogP contribution is 2.69. The Balaban J connectivity index is 1.63. The Bertz CT molecular complexity index is 297. The van der Waals surface area contributed by atoms with Gasteiger partial charge < -0.3 is 4.90 Å². The molecule has 96 valence electrons. The summed E-state index contributed by atoms with van der Waals surface area (Å²) in [5.41, 5.74) is 0. The largest absolute Gasteiger partial charge is 0.341 e. The lowest BCUT2D eigenvalue weighted by atomic mass is 10.0. The molecule has 0 aromatic heterocycles. The van der Waals surface area contributed by atoms with Crippen molar-refractivity contribution >= 4 is 17.5 Å². The quantitative estimate of drug-likeness (QED) is 0.692. The number of carbonyl (C=O) groups is 1. The fraction of sp³-hybridized carbons (Fsp3) is 0.929. The molecule has 3 aliphatic rings. The van der Waals surface area contributed by atoms with Crippen molar-refractivity contribution in [1.29, 1.82) is 0 Å². The lowest BCUT2D eigenvalue weighted by Gasteiger charge is -2.22. The third kappa shape index (κ3) is 1.80. The van der Waals surface area contributed by atoms with Gasteiger partial charge in [0.25, 0.3) is 0 Å². The number of fused-ring (bicyclic) bond motifs is 5. The second-order valence-electron chi connectivity index (χ2n) is 6.03. The van der Waals surface area contributed by atoms with Crippen molar-refractivity contribution in [2.24, 2.45) is 29.6 Å². The van der Waals surface area contributed by atoms with E-state index in [4.69, 9.17) is 11.6 Å². The molecule has 3 heteroatoms. The van der Waals surface area contributed by atoms with Crippen molar-refractivity contribution in [3.8, 4) is 0 Å². The Morgan fingerprint density at radius 3 is 2.41 bits per heavy atom. The summed E-state index contributed by atoms with van der Waals surface area (Å²) in [5, 5.41) is 0. The lowest BCUT2D eigenvalue weighted by molar-refractivity contribution is -0.133. The van der Waals surface area contributed by atoms with E-state index in [0.717, 1.165) is 43.2 Å². The SMILES string of the molecule is CCCN(CCCl)C(=O)C1C2C3CCC(C3)C12. The smallest absolute Gasteiger partial charge is 0.226 e. The van der Waals surface area contributed by atoms with Gasteiger partial charge in [-0.1, -0.05) is 6.92 Å². The standard InChI is InChI=1S/C14H22ClNO/c1-2-6-16(7-5-15)14(17)13-11-9-3-4-10(8-9)12(11)13/h9-13H,2-8H2,1H3. The topological polar surface area (TPSA) is 20.3 Å². The monoisotopic (exact) mass is 255 g/mol. The van der Waals surface area contributed by atoms with Crippen LogP contribution in [0.15, 0.2) is 0 Å². The van der Waals surface area contributed by atoms with Crippen LogP contribution in [-0.4, -0.2) is 29.8 Å². The van der Waals surface area contributed by atoms with Gasteiger partial charge in [-0.25, -0.2) is 0 Å². The molecule has 0 N–H and O–H groups in total. The molecule has 0 saturated heterocycles. The third-order valence-corrected chi connectivity index (χ3v) is 5.35. The summed E-state index contributed by atoms with van der Waals surface area (Å²) in [6, 6.07) is 0. The summed E-state index contributed by atoms with van der Waals surface area (Å²) in [4.78, 5) is 14.5. The average Bonchev–Trinajstić information content (AvgIpc) is 2.76. The van der Waals surface area contributed by atoms with E-state index in [1.807, 2.05) is 4.90 Å². The van der Waals surface area contributed by atoms with E-state index >= 15 is 0 Å². The van der Waals surface area contributed by atoms with Crippen molar-refractivity contribution < 1.29 is 4.79 Å². The minimum atomic E-state index is 0.385. The minimum absolute atomic E-state index is 0.385. The van der Waals surface area contributed by atoms with Crippen molar-refractivity contribution in [3.63, 3.8) is 0 Å². The predicted octanol–water partition coefficient (Wildman–Crippen LogP) is 2.76. The Hall–Kier alpha value is -0.240. The molecule has 0 aromatic rings. The van der Waals surface area contributed by atoms with E-state index in [2.05, 4.69) is 6.92 Å². The summed E-state index contributed by atoms with van der Waals surface area (Å²) in [6.45, 7) is 3.75. The zero-order chi connectivity index (χ0) is 12.0. The first-order chi connectivity index (χ1) is 8.27. The first kappa shape index (κ1) is 11.8. The molecule has 4 unspecified atom stereocenters. The highest BCUT2D eigenvalue weighted by molar-refractivity contribution is 6.18. The number of hydrogen-bond acceptors (Lipinski definition) is 1. The predicted molar refractivity (Wildman–Crippen MR) is 68.9 cm³/mol. The van der Waals surface area contributed by atoms with Crippen LogP contribution < -0.4 is 0 Å². The van der Waals surface area contributed by atoms with E-state index in [9.17, 15) is 4.79 Å². The Morgan fingerprint density at radius 1 is 1.24 bits per heavy atom. The number of nitrogens with zero attached hydrogens (tertiary/aromatic N) is 1. The van der Waals surface area contributed by atoms with Gasteiger partial charge in [-0.3, -0.25) is 4.79 Å². The molecule has 2 bridgehead atoms. The summed E-state index contributed by atoms with van der Waals surface area (Å²) in [7, 11) is 0. The average molecular weight is 256 g/mol. The molecule has 3 saturated carbocycles. The number of rotatable bonds is 5. The molecule has 2 nitrogen and oxygen atoms in total. The van der Waals surface area contributed by atoms with Crippen LogP contribution in [0, 0.1) is 29.6 Å². The molecule has 0 aromatic carbocycles. The van der Waals surface area contributed by atoms with Gasteiger partial charge in [0.1, 0.15) is 0 Å². The zero-order valence-corrected chi connectivity index (χ0v) is 11.3. The molecule has 3 rings (SSSR count). The van der Waals surface area contributed by atoms with Crippen LogP contribution >= 0.6 is 11.6 Å². The molecular weight excluding hydrogens is 234 g/mol. The van der Waals surface area contributed by atoms with Gasteiger partial charge >= 0.3 is 0 Å². The molecular formula is C14H22ClNO. The Kier molecular flexibility index (Phi) is 3.10. The van der Waals surface area contributed by atoms with Crippen LogP contribution in [0.1, 0.15) is 32.6 Å². The summed E-state index contributed by atoms with van der Waals surface area (Å²) in [6.07, 6.45) is 5.23. The van der Waals surface area contributed by atoms with Crippen LogP contribution in [0.2, 0.25) is 0 Å². The maximum Gasteiger partial charge on any atom is 0.226 e. The van der Waals surface area contributed by atoms with E-state index < -0.39 is 0 Å². The van der Waals surface area contributed by atoms with Gasteiger partial charge in [0.2, 0.25) is 5.91 Å². The molecule has 3 aliphatic carbocycles. The van der Waals surface area contributed by atoms with Crippen LogP contribution in [0.5, 0.6) is 0 Å². The van der Waals surface area contributed by atoms with Crippen molar-refractivity contribution in [1.82, 2.24) is 4.90 Å². The molecule has 0 aliphatic heterocycles. The van der Waals surface area contributed by atoms with Crippen LogP contribution in [0.4, 0.5) is 0 Å². The van der Waals surface area contributed by atoms with Crippen molar-refractivity contribution in [3.05, 3.63) is 0 Å². The molecule has 17 heavy (non-hydrogen) atoms. The maximum atomic E-state index is 12.5. The van der Waals surface area contributed by atoms with Crippen LogP contribution in [-0.2, 0) is 4.79 Å². The van der Waals surface area contributed by atoms with Gasteiger partial charge in [-0.15, -0.1) is 11.6 Å². The molecule has 3 fully saturated rings. The lowest BCUT2D eigenvalue weighted by Crippen LogP contribution is -2.36. The number of hydrogen-bond donors (Lipinski definition) is 0. The highest BCUT2D eigenvalue weighted by atomic mass is 35.5. The molecule has 1 amide bonds. The van der Waals surface area contributed by atoms with E-state index in [1.54, 1.807) is 0 Å². The van der Waals surface area contributed by atoms with Gasteiger partial charge in [0.05, 0.1) is 0 Å². The summed E-state index contributed by atoms with van der Waals surface area (Å²) >= 11 is 5.80. The number of carbonyl (C=O) groups excluding carboxylic acids is 1. The minimum Gasteiger partial charge on any atom is -0.341 e. The van der Waals surface area contributed by atoms with E-state index in [1.165, 1.54) is 19.3 Å². The molecule has 4 atom stereocenters. The van der Waals surface area contributed by atoms with Crippen LogP contribution in [0.25, 0.3) is 0 Å². The Labute approximate surface area is 109 Å². The zero-order valence-electron chi connectivity index (χ0n) is 10.6. The number of halogens is 1. The second kappa shape index (κ2) is 4.46. The first-order valence-corrected chi connectivity index (χ1v) is 7.66. The number of alkyl halides is 1. The van der Waals surface area contributed by atoms with Crippen LogP contribution in [0.3, 0.4) is 0 Å². The fourth-order valence-electron chi connectivity index (χ4n) is 4.57. The first-order valence-electron chi connectivity index (χ1n) is 7.12. The van der Waals surface area contributed by atoms with Gasteiger partial charge in [-0.2, -0.15) is 0 Å². The Morgan fingerprint density at radius 2 is 1.88 bits per heavy atom. The molecule has 0 radical (unpaired) electrons. The van der Waals surface area contributed by atoms with E-state index in [0.29, 0.717) is 17.7 Å². The van der Waals surface area contributed by atoms with Crippen molar-refractivity contribution in [2.45, 2.75) is 32.6 Å². The summed E-state index contributed by atoms with van der Waals surface area (Å²) in [5.74, 6) is 4.67. The molecule has 0 spiro atoms. The van der Waals surface area contributed by atoms with E-state index in [-0.39, 0.29) is 0 Å². The highest BCUT2D eigenvalue weighted by Gasteiger charge is 2.67. The fourth-order valence-corrected chi connectivity index (χ4v) is 4.77. The normalized spacial score (nSPS) is 41.4.